The number of methoxy groups -OCH3 is 1. The van der Waals surface area contributed by atoms with E-state index >= 15 is 0 Å². The van der Waals surface area contributed by atoms with Crippen LogP contribution in [0.4, 0.5) is 0 Å². The summed E-state index contributed by atoms with van der Waals surface area (Å²) in [5.74, 6) is -0.171. The fourth-order valence-electron chi connectivity index (χ4n) is 1.23. The Balaban J connectivity index is 2.70. The molecule has 0 saturated heterocycles. The number of aromatic nitrogens is 3. The lowest BCUT2D eigenvalue weighted by Gasteiger charge is -2.10. The van der Waals surface area contributed by atoms with Crippen molar-refractivity contribution in [3.63, 3.8) is 0 Å². The molecule has 3 N–H and O–H groups in total. The zero-order chi connectivity index (χ0) is 13.0. The SMILES string of the molecule is COC(=O)C(N)CSc1n[nH]c(=O)n1C(C)C. The van der Waals surface area contributed by atoms with Gasteiger partial charge in [0.15, 0.2) is 5.16 Å². The highest BCUT2D eigenvalue weighted by Crippen LogP contribution is 2.17. The van der Waals surface area contributed by atoms with Crippen molar-refractivity contribution in [2.45, 2.75) is 31.1 Å². The number of hydrogen-bond acceptors (Lipinski definition) is 6. The smallest absolute Gasteiger partial charge is 0.344 e. The van der Waals surface area contributed by atoms with Crippen LogP contribution in [-0.2, 0) is 9.53 Å². The van der Waals surface area contributed by atoms with Gasteiger partial charge in [-0.2, -0.15) is 0 Å². The van der Waals surface area contributed by atoms with Crippen molar-refractivity contribution in [1.82, 2.24) is 14.8 Å². The van der Waals surface area contributed by atoms with E-state index in [-0.39, 0.29) is 11.7 Å². The van der Waals surface area contributed by atoms with Gasteiger partial charge >= 0.3 is 11.7 Å². The topological polar surface area (TPSA) is 103 Å². The van der Waals surface area contributed by atoms with Crippen LogP contribution in [0.1, 0.15) is 19.9 Å². The Bertz CT molecular complexity index is 440. The van der Waals surface area contributed by atoms with Crippen molar-refractivity contribution in [2.24, 2.45) is 5.73 Å². The lowest BCUT2D eigenvalue weighted by molar-refractivity contribution is -0.141. The number of carbonyl (C=O) groups is 1. The molecule has 7 nitrogen and oxygen atoms in total. The maximum absolute atomic E-state index is 11.4. The second-order valence-corrected chi connectivity index (χ2v) is 4.70. The van der Waals surface area contributed by atoms with Crippen LogP contribution in [0.3, 0.4) is 0 Å². The predicted molar refractivity (Wildman–Crippen MR) is 63.9 cm³/mol. The molecule has 0 saturated carbocycles. The van der Waals surface area contributed by atoms with Crippen LogP contribution in [0.25, 0.3) is 0 Å². The van der Waals surface area contributed by atoms with Gasteiger partial charge in [0.05, 0.1) is 7.11 Å². The average molecular weight is 260 g/mol. The van der Waals surface area contributed by atoms with Crippen molar-refractivity contribution in [3.8, 4) is 0 Å². The van der Waals surface area contributed by atoms with E-state index in [1.54, 1.807) is 0 Å². The van der Waals surface area contributed by atoms with Gasteiger partial charge in [0.2, 0.25) is 0 Å². The molecule has 0 aromatic carbocycles. The minimum absolute atomic E-state index is 0.00176. The summed E-state index contributed by atoms with van der Waals surface area (Å²) in [5, 5.41) is 6.76. The van der Waals surface area contributed by atoms with Gasteiger partial charge in [-0.15, -0.1) is 5.10 Å². The molecule has 1 unspecified atom stereocenters. The number of rotatable bonds is 5. The van der Waals surface area contributed by atoms with E-state index in [1.165, 1.54) is 23.4 Å². The number of nitrogens with two attached hydrogens (primary N) is 1. The molecule has 1 aromatic heterocycles. The molecular weight excluding hydrogens is 244 g/mol. The Morgan fingerprint density at radius 3 is 2.82 bits per heavy atom. The number of H-pyrrole nitrogens is 1. The van der Waals surface area contributed by atoms with Crippen LogP contribution in [0.15, 0.2) is 9.95 Å². The number of aromatic amines is 1. The van der Waals surface area contributed by atoms with Gasteiger partial charge in [-0.1, -0.05) is 11.8 Å². The Morgan fingerprint density at radius 1 is 1.65 bits per heavy atom. The van der Waals surface area contributed by atoms with Gasteiger partial charge in [-0.05, 0) is 13.8 Å². The molecule has 0 fully saturated rings. The Hall–Kier alpha value is -1.28. The highest BCUT2D eigenvalue weighted by molar-refractivity contribution is 7.99. The summed E-state index contributed by atoms with van der Waals surface area (Å²) in [4.78, 5) is 22.5. The van der Waals surface area contributed by atoms with Crippen LogP contribution in [-0.4, -0.2) is 39.6 Å². The van der Waals surface area contributed by atoms with E-state index in [0.717, 1.165) is 0 Å². The summed E-state index contributed by atoms with van der Waals surface area (Å²) in [6.45, 7) is 3.75. The average Bonchev–Trinajstić information content (AvgIpc) is 2.66. The molecule has 0 aliphatic carbocycles. The van der Waals surface area contributed by atoms with Crippen molar-refractivity contribution < 1.29 is 9.53 Å². The second kappa shape index (κ2) is 5.87. The van der Waals surface area contributed by atoms with Crippen LogP contribution < -0.4 is 11.4 Å². The van der Waals surface area contributed by atoms with Crippen LogP contribution in [0.5, 0.6) is 0 Å². The van der Waals surface area contributed by atoms with Crippen LogP contribution in [0.2, 0.25) is 0 Å². The number of nitrogens with zero attached hydrogens (tertiary/aromatic N) is 2. The number of carbonyl (C=O) groups excluding carboxylic acids is 1. The van der Waals surface area contributed by atoms with E-state index < -0.39 is 12.0 Å². The van der Waals surface area contributed by atoms with E-state index in [4.69, 9.17) is 5.73 Å². The number of nitrogens with one attached hydrogen (secondary N) is 1. The van der Waals surface area contributed by atoms with Gasteiger partial charge in [0, 0.05) is 11.8 Å². The van der Waals surface area contributed by atoms with Crippen LogP contribution >= 0.6 is 11.8 Å². The minimum Gasteiger partial charge on any atom is -0.468 e. The maximum atomic E-state index is 11.4. The molecule has 0 aliphatic heterocycles. The monoisotopic (exact) mass is 260 g/mol. The standard InChI is InChI=1S/C9H16N4O3S/c1-5(2)13-8(15)11-12-9(13)17-4-6(10)7(14)16-3/h5-6H,4,10H2,1-3H3,(H,11,15). The fraction of sp³-hybridized carbons (Fsp3) is 0.667. The number of ether oxygens (including phenoxy) is 1. The lowest BCUT2D eigenvalue weighted by Crippen LogP contribution is -2.34. The molecule has 0 radical (unpaired) electrons. The Morgan fingerprint density at radius 2 is 2.29 bits per heavy atom. The first-order chi connectivity index (χ1) is 7.97. The number of thioether (sulfide) groups is 1. The first-order valence-electron chi connectivity index (χ1n) is 5.10. The highest BCUT2D eigenvalue weighted by Gasteiger charge is 2.17. The Labute approximate surface area is 103 Å². The zero-order valence-corrected chi connectivity index (χ0v) is 10.8. The van der Waals surface area contributed by atoms with E-state index in [9.17, 15) is 9.59 Å². The largest absolute Gasteiger partial charge is 0.468 e. The van der Waals surface area contributed by atoms with Crippen molar-refractivity contribution >= 4 is 17.7 Å². The first kappa shape index (κ1) is 13.8. The summed E-state index contributed by atoms with van der Waals surface area (Å²) < 4.78 is 6.02. The van der Waals surface area contributed by atoms with Gasteiger partial charge in [0.25, 0.3) is 0 Å². The second-order valence-electron chi connectivity index (χ2n) is 3.72. The van der Waals surface area contributed by atoms with E-state index in [0.29, 0.717) is 10.9 Å². The third kappa shape index (κ3) is 3.34. The minimum atomic E-state index is -0.725. The Kier molecular flexibility index (Phi) is 4.76. The summed E-state index contributed by atoms with van der Waals surface area (Å²) in [6.07, 6.45) is 0. The van der Waals surface area contributed by atoms with Crippen molar-refractivity contribution in [1.29, 1.82) is 0 Å². The predicted octanol–water partition coefficient (Wildman–Crippen LogP) is -0.255. The lowest BCUT2D eigenvalue weighted by atomic mass is 10.4. The maximum Gasteiger partial charge on any atom is 0.344 e. The molecule has 0 amide bonds. The molecule has 17 heavy (non-hydrogen) atoms. The van der Waals surface area contributed by atoms with Crippen molar-refractivity contribution in [3.05, 3.63) is 10.5 Å². The van der Waals surface area contributed by atoms with E-state index in [2.05, 4.69) is 14.9 Å². The van der Waals surface area contributed by atoms with E-state index in [1.807, 2.05) is 13.8 Å². The zero-order valence-electron chi connectivity index (χ0n) is 9.97. The fourth-order valence-corrected chi connectivity index (χ4v) is 2.24. The molecule has 1 heterocycles. The highest BCUT2D eigenvalue weighted by atomic mass is 32.2. The summed E-state index contributed by atoms with van der Waals surface area (Å²) in [6, 6.07) is -0.726. The van der Waals surface area contributed by atoms with Crippen LogP contribution in [0, 0.1) is 0 Å². The molecule has 1 aromatic rings. The van der Waals surface area contributed by atoms with Crippen molar-refractivity contribution in [2.75, 3.05) is 12.9 Å². The molecular formula is C9H16N4O3S. The molecule has 8 heteroatoms. The van der Waals surface area contributed by atoms with Gasteiger partial charge in [-0.3, -0.25) is 9.36 Å². The number of hydrogen-bond donors (Lipinski definition) is 2. The summed E-state index contributed by atoms with van der Waals surface area (Å²) in [7, 11) is 1.28. The quantitative estimate of drug-likeness (QED) is 0.558. The molecule has 0 bridgehead atoms. The van der Waals surface area contributed by atoms with Gasteiger partial charge < -0.3 is 10.5 Å². The first-order valence-corrected chi connectivity index (χ1v) is 6.09. The third-order valence-electron chi connectivity index (χ3n) is 2.08. The summed E-state index contributed by atoms with van der Waals surface area (Å²) in [5.41, 5.74) is 5.32. The van der Waals surface area contributed by atoms with Gasteiger partial charge in [-0.25, -0.2) is 9.89 Å². The molecule has 0 spiro atoms. The molecule has 1 rings (SSSR count). The van der Waals surface area contributed by atoms with Gasteiger partial charge in [0.1, 0.15) is 6.04 Å². The molecule has 0 aliphatic rings. The molecule has 1 atom stereocenters. The third-order valence-corrected chi connectivity index (χ3v) is 3.16. The summed E-state index contributed by atoms with van der Waals surface area (Å²) >= 11 is 1.24. The number of esters is 1. The normalized spacial score (nSPS) is 12.8. The molecule has 96 valence electrons.